The van der Waals surface area contributed by atoms with Gasteiger partial charge in [-0.3, -0.25) is 0 Å². The molecule has 0 aromatic carbocycles. The first-order chi connectivity index (χ1) is 13.1. The van der Waals surface area contributed by atoms with Gasteiger partial charge in [-0.25, -0.2) is 0 Å². The molecule has 4 saturated carbocycles. The molecule has 2 heterocycles. The van der Waals surface area contributed by atoms with Gasteiger partial charge in [0.1, 0.15) is 0 Å². The third-order valence-corrected chi connectivity index (χ3v) is 9.53. The Balaban J connectivity index is 1.27. The van der Waals surface area contributed by atoms with E-state index < -0.39 is 5.79 Å². The molecular formula is C22H34O5. The minimum absolute atomic E-state index is 0.0372. The van der Waals surface area contributed by atoms with E-state index in [9.17, 15) is 5.11 Å². The summed E-state index contributed by atoms with van der Waals surface area (Å²) in [5, 5.41) is 11.4. The molecule has 2 saturated heterocycles. The number of hydrogen-bond acceptors (Lipinski definition) is 5. The van der Waals surface area contributed by atoms with Crippen molar-refractivity contribution in [3.63, 3.8) is 0 Å². The van der Waals surface area contributed by atoms with Crippen molar-refractivity contribution in [1.82, 2.24) is 0 Å². The molecule has 5 nitrogen and oxygen atoms in total. The highest BCUT2D eigenvalue weighted by molar-refractivity contribution is 5.13. The largest absolute Gasteiger partial charge is 0.393 e. The summed E-state index contributed by atoms with van der Waals surface area (Å²) >= 11 is 0. The summed E-state index contributed by atoms with van der Waals surface area (Å²) in [7, 11) is 0. The molecule has 6 rings (SSSR count). The summed E-state index contributed by atoms with van der Waals surface area (Å²) in [6.45, 7) is 5.25. The van der Waals surface area contributed by atoms with Crippen molar-refractivity contribution in [3.05, 3.63) is 0 Å². The number of fused-ring (bicyclic) bond motifs is 6. The van der Waals surface area contributed by atoms with E-state index in [4.69, 9.17) is 18.9 Å². The van der Waals surface area contributed by atoms with Gasteiger partial charge in [0, 0.05) is 24.7 Å². The van der Waals surface area contributed by atoms with Crippen LogP contribution in [-0.2, 0) is 18.9 Å². The van der Waals surface area contributed by atoms with Gasteiger partial charge in [0.05, 0.1) is 32.5 Å². The van der Waals surface area contributed by atoms with Crippen LogP contribution in [-0.4, -0.2) is 49.2 Å². The van der Waals surface area contributed by atoms with E-state index in [1.165, 1.54) is 19.3 Å². The number of aliphatic hydroxyl groups is 1. The molecule has 0 bridgehead atoms. The highest BCUT2D eigenvalue weighted by Gasteiger charge is 2.68. The van der Waals surface area contributed by atoms with Gasteiger partial charge >= 0.3 is 0 Å². The number of rotatable bonds is 0. The standard InChI is InChI=1S/C22H34O5/c1-20-13-18(23)19-15-4-6-21(24-8-9-25-21)12-14(15)2-3-16(19)17(20)5-7-22(20)26-10-11-27-22/h14-19,23H,2-13H2,1H3. The summed E-state index contributed by atoms with van der Waals surface area (Å²) < 4.78 is 24.5. The molecule has 0 aromatic rings. The summed E-state index contributed by atoms with van der Waals surface area (Å²) in [5.41, 5.74) is -0.0372. The normalized spacial score (nSPS) is 52.7. The number of aliphatic hydroxyl groups excluding tert-OH is 1. The molecule has 2 aliphatic heterocycles. The van der Waals surface area contributed by atoms with Crippen LogP contribution in [0.1, 0.15) is 58.3 Å². The predicted molar refractivity (Wildman–Crippen MR) is 97.8 cm³/mol. The molecule has 7 unspecified atom stereocenters. The van der Waals surface area contributed by atoms with E-state index >= 15 is 0 Å². The van der Waals surface area contributed by atoms with Crippen molar-refractivity contribution >= 4 is 0 Å². The zero-order valence-corrected chi connectivity index (χ0v) is 16.5. The van der Waals surface area contributed by atoms with Gasteiger partial charge in [-0.1, -0.05) is 6.92 Å². The Bertz CT molecular complexity index is 596. The van der Waals surface area contributed by atoms with Crippen molar-refractivity contribution in [1.29, 1.82) is 0 Å². The van der Waals surface area contributed by atoms with Crippen LogP contribution in [0.25, 0.3) is 0 Å². The summed E-state index contributed by atoms with van der Waals surface area (Å²) in [6.07, 6.45) is 8.47. The number of ether oxygens (including phenoxy) is 4. The van der Waals surface area contributed by atoms with Crippen LogP contribution in [0.15, 0.2) is 0 Å². The second-order valence-electron chi connectivity index (χ2n) is 10.4. The van der Waals surface area contributed by atoms with Crippen molar-refractivity contribution in [2.45, 2.75) is 76.0 Å². The average molecular weight is 379 g/mol. The molecule has 7 atom stereocenters. The topological polar surface area (TPSA) is 57.2 Å². The fourth-order valence-electron chi connectivity index (χ4n) is 8.54. The Kier molecular flexibility index (Phi) is 3.86. The van der Waals surface area contributed by atoms with Gasteiger partial charge in [-0.05, 0) is 61.7 Å². The first kappa shape index (κ1) is 17.6. The molecule has 0 radical (unpaired) electrons. The van der Waals surface area contributed by atoms with E-state index in [1.54, 1.807) is 0 Å². The Labute approximate surface area is 162 Å². The second-order valence-corrected chi connectivity index (χ2v) is 10.4. The fourth-order valence-corrected chi connectivity index (χ4v) is 8.54. The third kappa shape index (κ3) is 2.29. The molecule has 6 fully saturated rings. The molecule has 4 aliphatic carbocycles. The fraction of sp³-hybridized carbons (Fsp3) is 1.00. The van der Waals surface area contributed by atoms with Crippen LogP contribution in [0.2, 0.25) is 0 Å². The lowest BCUT2D eigenvalue weighted by atomic mass is 9.49. The summed E-state index contributed by atoms with van der Waals surface area (Å²) in [6, 6.07) is 0. The van der Waals surface area contributed by atoms with Crippen LogP contribution in [0, 0.1) is 35.0 Å². The highest BCUT2D eigenvalue weighted by Crippen LogP contribution is 2.67. The Morgan fingerprint density at radius 1 is 0.778 bits per heavy atom. The Hall–Kier alpha value is -0.200. The second kappa shape index (κ2) is 5.91. The maximum Gasteiger partial charge on any atom is 0.174 e. The van der Waals surface area contributed by atoms with Crippen LogP contribution in [0.3, 0.4) is 0 Å². The van der Waals surface area contributed by atoms with Gasteiger partial charge < -0.3 is 24.1 Å². The quantitative estimate of drug-likeness (QED) is 0.702. The molecule has 6 aliphatic rings. The molecule has 0 aromatic heterocycles. The maximum absolute atomic E-state index is 11.4. The lowest BCUT2D eigenvalue weighted by Gasteiger charge is -2.59. The Morgan fingerprint density at radius 2 is 1.52 bits per heavy atom. The zero-order chi connectivity index (χ0) is 18.3. The van der Waals surface area contributed by atoms with Crippen LogP contribution in [0.5, 0.6) is 0 Å². The summed E-state index contributed by atoms with van der Waals surface area (Å²) in [4.78, 5) is 0. The first-order valence-electron chi connectivity index (χ1n) is 11.3. The van der Waals surface area contributed by atoms with Crippen molar-refractivity contribution in [2.24, 2.45) is 35.0 Å². The molecule has 1 N–H and O–H groups in total. The van der Waals surface area contributed by atoms with Crippen molar-refractivity contribution in [3.8, 4) is 0 Å². The van der Waals surface area contributed by atoms with E-state index in [0.29, 0.717) is 42.8 Å². The minimum atomic E-state index is -0.428. The SMILES string of the molecule is CC12CC(O)C3C4CCC5(CC4CCC3C1CCC21OCCO1)OCCO5. The van der Waals surface area contributed by atoms with Crippen molar-refractivity contribution < 1.29 is 24.1 Å². The molecular weight excluding hydrogens is 344 g/mol. The predicted octanol–water partition coefficient (Wildman–Crippen LogP) is 3.10. The van der Waals surface area contributed by atoms with Gasteiger partial charge in [0.15, 0.2) is 11.6 Å². The minimum Gasteiger partial charge on any atom is -0.393 e. The molecule has 27 heavy (non-hydrogen) atoms. The maximum atomic E-state index is 11.4. The van der Waals surface area contributed by atoms with Crippen LogP contribution >= 0.6 is 0 Å². The molecule has 5 heteroatoms. The van der Waals surface area contributed by atoms with E-state index in [0.717, 1.165) is 45.3 Å². The molecule has 152 valence electrons. The van der Waals surface area contributed by atoms with E-state index in [-0.39, 0.29) is 17.3 Å². The lowest BCUT2D eigenvalue weighted by molar-refractivity contribution is -0.263. The van der Waals surface area contributed by atoms with Crippen LogP contribution < -0.4 is 0 Å². The smallest absolute Gasteiger partial charge is 0.174 e. The van der Waals surface area contributed by atoms with Crippen LogP contribution in [0.4, 0.5) is 0 Å². The third-order valence-electron chi connectivity index (χ3n) is 9.53. The van der Waals surface area contributed by atoms with Gasteiger partial charge in [0.25, 0.3) is 0 Å². The van der Waals surface area contributed by atoms with Crippen molar-refractivity contribution in [2.75, 3.05) is 26.4 Å². The Morgan fingerprint density at radius 3 is 2.30 bits per heavy atom. The highest BCUT2D eigenvalue weighted by atomic mass is 16.7. The zero-order valence-electron chi connectivity index (χ0n) is 16.5. The first-order valence-corrected chi connectivity index (χ1v) is 11.3. The van der Waals surface area contributed by atoms with Gasteiger partial charge in [0.2, 0.25) is 0 Å². The number of hydrogen-bond donors (Lipinski definition) is 1. The lowest BCUT2D eigenvalue weighted by Crippen LogP contribution is -2.59. The monoisotopic (exact) mass is 378 g/mol. The molecule has 2 spiro atoms. The van der Waals surface area contributed by atoms with Gasteiger partial charge in [-0.15, -0.1) is 0 Å². The summed E-state index contributed by atoms with van der Waals surface area (Å²) in [5.74, 6) is 2.23. The molecule has 0 amide bonds. The average Bonchev–Trinajstić information content (AvgIpc) is 3.37. The van der Waals surface area contributed by atoms with E-state index in [2.05, 4.69) is 6.92 Å². The van der Waals surface area contributed by atoms with Gasteiger partial charge in [-0.2, -0.15) is 0 Å². The van der Waals surface area contributed by atoms with E-state index in [1.807, 2.05) is 0 Å².